The third-order valence-corrected chi connectivity index (χ3v) is 5.72. The van der Waals surface area contributed by atoms with Crippen molar-refractivity contribution < 1.29 is 23.8 Å². The van der Waals surface area contributed by atoms with E-state index in [0.29, 0.717) is 24.5 Å². The molecular formula is C25H32N2O5. The van der Waals surface area contributed by atoms with E-state index < -0.39 is 6.04 Å². The molecule has 0 bridgehead atoms. The Hall–Kier alpha value is -3.22. The largest absolute Gasteiger partial charge is 0.497 e. The van der Waals surface area contributed by atoms with Gasteiger partial charge in [0.15, 0.2) is 11.5 Å². The van der Waals surface area contributed by atoms with Crippen LogP contribution >= 0.6 is 0 Å². The number of carbonyl (C=O) groups excluding carboxylic acids is 2. The van der Waals surface area contributed by atoms with E-state index in [-0.39, 0.29) is 31.1 Å². The summed E-state index contributed by atoms with van der Waals surface area (Å²) in [5.74, 6) is 1.89. The summed E-state index contributed by atoms with van der Waals surface area (Å²) in [4.78, 5) is 27.7. The Morgan fingerprint density at radius 1 is 1.09 bits per heavy atom. The normalized spacial score (nSPS) is 13.9. The number of carbonyl (C=O) groups is 2. The van der Waals surface area contributed by atoms with Gasteiger partial charge in [-0.15, -0.1) is 0 Å². The summed E-state index contributed by atoms with van der Waals surface area (Å²) < 4.78 is 16.1. The minimum Gasteiger partial charge on any atom is -0.497 e. The highest BCUT2D eigenvalue weighted by Gasteiger charge is 2.27. The van der Waals surface area contributed by atoms with E-state index >= 15 is 0 Å². The number of nitrogens with zero attached hydrogens (tertiary/aromatic N) is 1. The van der Waals surface area contributed by atoms with Gasteiger partial charge in [-0.1, -0.05) is 25.1 Å². The molecular weight excluding hydrogens is 408 g/mol. The first-order valence-corrected chi connectivity index (χ1v) is 11.0. The van der Waals surface area contributed by atoms with Crippen molar-refractivity contribution in [3.63, 3.8) is 0 Å². The summed E-state index contributed by atoms with van der Waals surface area (Å²) in [7, 11) is 1.61. The molecule has 0 spiro atoms. The molecule has 0 fully saturated rings. The van der Waals surface area contributed by atoms with Crippen molar-refractivity contribution in [1.82, 2.24) is 10.2 Å². The summed E-state index contributed by atoms with van der Waals surface area (Å²) in [5.41, 5.74) is 1.89. The van der Waals surface area contributed by atoms with Crippen LogP contribution in [0.2, 0.25) is 0 Å². The minimum absolute atomic E-state index is 0.0485. The van der Waals surface area contributed by atoms with Crippen LogP contribution in [0, 0.1) is 0 Å². The van der Waals surface area contributed by atoms with Gasteiger partial charge in [0, 0.05) is 19.0 Å². The zero-order valence-electron chi connectivity index (χ0n) is 19.2. The molecule has 2 amide bonds. The number of hydrogen-bond donors (Lipinski definition) is 1. The Labute approximate surface area is 189 Å². The monoisotopic (exact) mass is 440 g/mol. The fraction of sp³-hybridized carbons (Fsp3) is 0.440. The Bertz CT molecular complexity index is 946. The van der Waals surface area contributed by atoms with Crippen molar-refractivity contribution in [2.75, 3.05) is 13.9 Å². The maximum Gasteiger partial charge on any atom is 0.242 e. The number of fused-ring (bicyclic) bond motifs is 1. The molecule has 7 nitrogen and oxygen atoms in total. The van der Waals surface area contributed by atoms with Gasteiger partial charge in [0.05, 0.1) is 7.11 Å². The molecule has 2 atom stereocenters. The molecule has 0 radical (unpaired) electrons. The molecule has 0 saturated carbocycles. The minimum atomic E-state index is -0.598. The second-order valence-electron chi connectivity index (χ2n) is 8.05. The van der Waals surface area contributed by atoms with Crippen LogP contribution in [0.4, 0.5) is 0 Å². The molecule has 1 N–H and O–H groups in total. The highest BCUT2D eigenvalue weighted by Crippen LogP contribution is 2.32. The maximum atomic E-state index is 13.3. The molecule has 0 aliphatic carbocycles. The summed E-state index contributed by atoms with van der Waals surface area (Å²) in [6, 6.07) is 12.7. The molecule has 2 aromatic carbocycles. The number of nitrogens with one attached hydrogen (secondary N) is 1. The molecule has 1 heterocycles. The van der Waals surface area contributed by atoms with Crippen molar-refractivity contribution in [1.29, 1.82) is 0 Å². The van der Waals surface area contributed by atoms with Gasteiger partial charge in [0.1, 0.15) is 11.8 Å². The van der Waals surface area contributed by atoms with Crippen LogP contribution in [0.3, 0.4) is 0 Å². The molecule has 0 saturated heterocycles. The number of amides is 2. The molecule has 3 rings (SSSR count). The Morgan fingerprint density at radius 3 is 2.62 bits per heavy atom. The highest BCUT2D eigenvalue weighted by atomic mass is 16.7. The van der Waals surface area contributed by atoms with E-state index in [9.17, 15) is 9.59 Å². The summed E-state index contributed by atoms with van der Waals surface area (Å²) in [5, 5.41) is 2.99. The third-order valence-electron chi connectivity index (χ3n) is 5.72. The van der Waals surface area contributed by atoms with Crippen LogP contribution in [-0.2, 0) is 22.6 Å². The summed E-state index contributed by atoms with van der Waals surface area (Å²) in [6.45, 7) is 6.29. The van der Waals surface area contributed by atoms with Crippen LogP contribution in [0.15, 0.2) is 42.5 Å². The number of aryl methyl sites for hydroxylation is 1. The van der Waals surface area contributed by atoms with Gasteiger partial charge in [0.25, 0.3) is 0 Å². The third kappa shape index (κ3) is 5.93. The van der Waals surface area contributed by atoms with Crippen LogP contribution < -0.4 is 19.5 Å². The number of rotatable bonds is 10. The Balaban J connectivity index is 1.73. The summed E-state index contributed by atoms with van der Waals surface area (Å²) in [6.07, 6.45) is 1.65. The average Bonchev–Trinajstić information content (AvgIpc) is 3.28. The Kier molecular flexibility index (Phi) is 7.98. The lowest BCUT2D eigenvalue weighted by molar-refractivity contribution is -0.140. The van der Waals surface area contributed by atoms with Crippen molar-refractivity contribution in [2.24, 2.45) is 0 Å². The van der Waals surface area contributed by atoms with E-state index in [2.05, 4.69) is 5.32 Å². The molecule has 7 heteroatoms. The number of methoxy groups -OCH3 is 1. The van der Waals surface area contributed by atoms with Gasteiger partial charge < -0.3 is 24.4 Å². The molecule has 1 aliphatic heterocycles. The van der Waals surface area contributed by atoms with Crippen LogP contribution in [-0.4, -0.2) is 42.7 Å². The second-order valence-corrected chi connectivity index (χ2v) is 8.05. The molecule has 172 valence electrons. The van der Waals surface area contributed by atoms with Gasteiger partial charge in [0.2, 0.25) is 18.6 Å². The van der Waals surface area contributed by atoms with Crippen LogP contribution in [0.5, 0.6) is 17.2 Å². The molecule has 0 aromatic heterocycles. The average molecular weight is 441 g/mol. The van der Waals surface area contributed by atoms with Gasteiger partial charge in [-0.25, -0.2) is 0 Å². The molecule has 32 heavy (non-hydrogen) atoms. The zero-order chi connectivity index (χ0) is 23.1. The van der Waals surface area contributed by atoms with E-state index in [1.807, 2.05) is 56.3 Å². The Morgan fingerprint density at radius 2 is 1.88 bits per heavy atom. The zero-order valence-corrected chi connectivity index (χ0v) is 19.2. The topological polar surface area (TPSA) is 77.1 Å². The van der Waals surface area contributed by atoms with Gasteiger partial charge in [-0.05, 0) is 62.1 Å². The molecule has 2 aromatic rings. The smallest absolute Gasteiger partial charge is 0.242 e. The SMILES string of the molecule is CC[C@H](C)NC(=O)[C@H](C)N(Cc1cccc(OC)c1)C(=O)CCc1ccc2c(c1)OCO2. The number of ether oxygens (including phenoxy) is 3. The predicted octanol–water partition coefficient (Wildman–Crippen LogP) is 3.69. The fourth-order valence-electron chi connectivity index (χ4n) is 3.51. The van der Waals surface area contributed by atoms with Crippen molar-refractivity contribution >= 4 is 11.8 Å². The lowest BCUT2D eigenvalue weighted by Gasteiger charge is -2.30. The van der Waals surface area contributed by atoms with Gasteiger partial charge in [-0.3, -0.25) is 9.59 Å². The predicted molar refractivity (Wildman–Crippen MR) is 122 cm³/mol. The second kappa shape index (κ2) is 10.9. The lowest BCUT2D eigenvalue weighted by Crippen LogP contribution is -2.49. The van der Waals surface area contributed by atoms with Gasteiger partial charge in [-0.2, -0.15) is 0 Å². The quantitative estimate of drug-likeness (QED) is 0.610. The van der Waals surface area contributed by atoms with Crippen LogP contribution in [0.25, 0.3) is 0 Å². The number of benzene rings is 2. The summed E-state index contributed by atoms with van der Waals surface area (Å²) >= 11 is 0. The number of hydrogen-bond acceptors (Lipinski definition) is 5. The first-order chi connectivity index (χ1) is 15.4. The van der Waals surface area contributed by atoms with E-state index in [1.54, 1.807) is 18.9 Å². The lowest BCUT2D eigenvalue weighted by atomic mass is 10.1. The first-order valence-electron chi connectivity index (χ1n) is 11.0. The van der Waals surface area contributed by atoms with E-state index in [4.69, 9.17) is 14.2 Å². The van der Waals surface area contributed by atoms with E-state index in [0.717, 1.165) is 23.3 Å². The van der Waals surface area contributed by atoms with Crippen molar-refractivity contribution in [3.05, 3.63) is 53.6 Å². The van der Waals surface area contributed by atoms with Crippen LogP contribution in [0.1, 0.15) is 44.7 Å². The fourth-order valence-corrected chi connectivity index (χ4v) is 3.51. The van der Waals surface area contributed by atoms with Crippen molar-refractivity contribution in [2.45, 2.75) is 58.7 Å². The maximum absolute atomic E-state index is 13.3. The van der Waals surface area contributed by atoms with Gasteiger partial charge >= 0.3 is 0 Å². The highest BCUT2D eigenvalue weighted by molar-refractivity contribution is 5.87. The van der Waals surface area contributed by atoms with E-state index in [1.165, 1.54) is 0 Å². The standard InChI is InChI=1S/C25H32N2O5/c1-5-17(2)26-25(29)18(3)27(15-20-7-6-8-21(13-20)30-4)24(28)12-10-19-9-11-22-23(14-19)32-16-31-22/h6-9,11,13-14,17-18H,5,10,12,15-16H2,1-4H3,(H,26,29)/t17-,18-/m0/s1. The first kappa shape index (κ1) is 23.4. The molecule has 0 unspecified atom stereocenters. The molecule has 1 aliphatic rings. The van der Waals surface area contributed by atoms with Crippen molar-refractivity contribution in [3.8, 4) is 17.2 Å².